The first-order valence-corrected chi connectivity index (χ1v) is 13.2. The van der Waals surface area contributed by atoms with Gasteiger partial charge >= 0.3 is 0 Å². The highest BCUT2D eigenvalue weighted by molar-refractivity contribution is 7.25. The average molecular weight is 506 g/mol. The molecule has 4 heterocycles. The second-order valence-electron chi connectivity index (χ2n) is 9.20. The summed E-state index contributed by atoms with van der Waals surface area (Å²) in [4.78, 5) is 18.8. The van der Waals surface area contributed by atoms with Crippen LogP contribution in [0.15, 0.2) is 116 Å². The molecular formula is C32H19N5S. The molecule has 38 heavy (non-hydrogen) atoms. The molecule has 4 aromatic heterocycles. The molecule has 0 aliphatic heterocycles. The molecule has 0 fully saturated rings. The van der Waals surface area contributed by atoms with Crippen molar-refractivity contribution in [2.24, 2.45) is 0 Å². The molecule has 0 aliphatic rings. The van der Waals surface area contributed by atoms with Crippen LogP contribution in [-0.2, 0) is 0 Å². The minimum Gasteiger partial charge on any atom is -0.294 e. The Morgan fingerprint density at radius 2 is 1.24 bits per heavy atom. The smallest absolute Gasteiger partial charge is 0.163 e. The summed E-state index contributed by atoms with van der Waals surface area (Å²) in [6.45, 7) is 0. The molecule has 178 valence electrons. The van der Waals surface area contributed by atoms with Crippen LogP contribution in [0, 0.1) is 0 Å². The van der Waals surface area contributed by atoms with E-state index >= 15 is 0 Å². The molecule has 8 rings (SSSR count). The Morgan fingerprint density at radius 3 is 2.05 bits per heavy atom. The molecule has 0 amide bonds. The molecule has 0 saturated carbocycles. The van der Waals surface area contributed by atoms with Gasteiger partial charge in [0.2, 0.25) is 0 Å². The van der Waals surface area contributed by atoms with Crippen molar-refractivity contribution in [1.82, 2.24) is 24.5 Å². The van der Waals surface area contributed by atoms with Gasteiger partial charge in [-0.2, -0.15) is 0 Å². The number of pyridine rings is 1. The van der Waals surface area contributed by atoms with E-state index in [1.54, 1.807) is 17.7 Å². The molecule has 4 aromatic carbocycles. The minimum absolute atomic E-state index is 0.650. The maximum absolute atomic E-state index is 5.25. The predicted octanol–water partition coefficient (Wildman–Crippen LogP) is 8.07. The Labute approximate surface area is 221 Å². The van der Waals surface area contributed by atoms with Crippen molar-refractivity contribution in [3.8, 4) is 28.5 Å². The van der Waals surface area contributed by atoms with Crippen LogP contribution >= 0.6 is 11.3 Å². The maximum Gasteiger partial charge on any atom is 0.163 e. The molecule has 0 radical (unpaired) electrons. The lowest BCUT2D eigenvalue weighted by atomic mass is 10.1. The van der Waals surface area contributed by atoms with Crippen molar-refractivity contribution in [3.05, 3.63) is 116 Å². The van der Waals surface area contributed by atoms with Gasteiger partial charge in [0, 0.05) is 37.7 Å². The molecule has 5 nitrogen and oxygen atoms in total. The van der Waals surface area contributed by atoms with E-state index in [2.05, 4.69) is 93.4 Å². The van der Waals surface area contributed by atoms with Crippen molar-refractivity contribution in [2.45, 2.75) is 0 Å². The van der Waals surface area contributed by atoms with Crippen LogP contribution < -0.4 is 0 Å². The summed E-state index contributed by atoms with van der Waals surface area (Å²) >= 11 is 1.80. The zero-order valence-corrected chi connectivity index (χ0v) is 20.9. The van der Waals surface area contributed by atoms with Crippen molar-refractivity contribution >= 4 is 53.6 Å². The lowest BCUT2D eigenvalue weighted by Gasteiger charge is -2.09. The standard InChI is InChI=1S/C32H19N5S/c1-2-8-20(9-3-1)30-33-19-34-31(36-30)21-14-16-22(17-15-21)37-26-12-6-4-10-23(26)25-18-28-29(35-32(25)37)24-11-5-7-13-27(24)38-28/h1-19H. The largest absolute Gasteiger partial charge is 0.294 e. The van der Waals surface area contributed by atoms with Crippen LogP contribution in [0.25, 0.3) is 70.7 Å². The highest BCUT2D eigenvalue weighted by atomic mass is 32.1. The van der Waals surface area contributed by atoms with Gasteiger partial charge in [-0.05, 0) is 42.5 Å². The monoisotopic (exact) mass is 505 g/mol. The van der Waals surface area contributed by atoms with Crippen molar-refractivity contribution in [2.75, 3.05) is 0 Å². The summed E-state index contributed by atoms with van der Waals surface area (Å²) in [7, 11) is 0. The van der Waals surface area contributed by atoms with Gasteiger partial charge in [0.25, 0.3) is 0 Å². The minimum atomic E-state index is 0.650. The van der Waals surface area contributed by atoms with Gasteiger partial charge in [-0.3, -0.25) is 4.57 Å². The Hall–Kier alpha value is -4.94. The van der Waals surface area contributed by atoms with Crippen LogP contribution in [0.5, 0.6) is 0 Å². The van der Waals surface area contributed by atoms with E-state index < -0.39 is 0 Å². The lowest BCUT2D eigenvalue weighted by Crippen LogP contribution is -1.97. The Bertz CT molecular complexity index is 2130. The van der Waals surface area contributed by atoms with Gasteiger partial charge in [-0.1, -0.05) is 66.7 Å². The quantitative estimate of drug-likeness (QED) is 0.244. The zero-order chi connectivity index (χ0) is 25.1. The van der Waals surface area contributed by atoms with Crippen molar-refractivity contribution < 1.29 is 0 Å². The third-order valence-electron chi connectivity index (χ3n) is 6.96. The molecule has 0 aliphatic carbocycles. The third kappa shape index (κ3) is 3.24. The average Bonchev–Trinajstić information content (AvgIpc) is 3.51. The second-order valence-corrected chi connectivity index (χ2v) is 10.3. The van der Waals surface area contributed by atoms with E-state index in [0.29, 0.717) is 11.6 Å². The molecule has 0 unspecified atom stereocenters. The molecule has 0 atom stereocenters. The number of hydrogen-bond donors (Lipinski definition) is 0. The Kier molecular flexibility index (Phi) is 4.62. The number of aromatic nitrogens is 5. The van der Waals surface area contributed by atoms with E-state index in [1.807, 2.05) is 30.3 Å². The zero-order valence-electron chi connectivity index (χ0n) is 20.1. The molecular weight excluding hydrogens is 486 g/mol. The molecule has 0 bridgehead atoms. The first-order chi connectivity index (χ1) is 18.8. The number of hydrogen-bond acceptors (Lipinski definition) is 5. The first-order valence-electron chi connectivity index (χ1n) is 12.4. The molecule has 6 heteroatoms. The number of nitrogens with zero attached hydrogens (tertiary/aromatic N) is 5. The number of thiophene rings is 1. The first kappa shape index (κ1) is 21.2. The van der Waals surface area contributed by atoms with E-state index in [0.717, 1.165) is 38.9 Å². The predicted molar refractivity (Wildman–Crippen MR) is 156 cm³/mol. The van der Waals surface area contributed by atoms with E-state index in [4.69, 9.17) is 9.97 Å². The molecule has 0 N–H and O–H groups in total. The van der Waals surface area contributed by atoms with Crippen LogP contribution in [0.3, 0.4) is 0 Å². The fourth-order valence-corrected chi connectivity index (χ4v) is 6.27. The SMILES string of the molecule is c1ccc(-c2ncnc(-c3ccc(-n4c5ccccc5c5cc6sc7ccccc7c6nc54)cc3)n2)cc1. The van der Waals surface area contributed by atoms with Gasteiger partial charge in [0.15, 0.2) is 11.6 Å². The molecule has 8 aromatic rings. The van der Waals surface area contributed by atoms with Crippen LogP contribution in [0.4, 0.5) is 0 Å². The van der Waals surface area contributed by atoms with Crippen LogP contribution in [0.2, 0.25) is 0 Å². The van der Waals surface area contributed by atoms with Crippen LogP contribution in [-0.4, -0.2) is 24.5 Å². The fourth-order valence-electron chi connectivity index (χ4n) is 5.19. The summed E-state index contributed by atoms with van der Waals surface area (Å²) in [5, 5.41) is 3.56. The number of rotatable bonds is 3. The highest BCUT2D eigenvalue weighted by Crippen LogP contribution is 2.38. The fraction of sp³-hybridized carbons (Fsp3) is 0. The third-order valence-corrected chi connectivity index (χ3v) is 8.07. The maximum atomic E-state index is 5.25. The molecule has 0 spiro atoms. The summed E-state index contributed by atoms with van der Waals surface area (Å²) < 4.78 is 4.72. The summed E-state index contributed by atoms with van der Waals surface area (Å²) in [6, 6.07) is 37.6. The van der Waals surface area contributed by atoms with Gasteiger partial charge < -0.3 is 0 Å². The number of fused-ring (bicyclic) bond motifs is 6. The summed E-state index contributed by atoms with van der Waals surface area (Å²) in [5.74, 6) is 1.32. The van der Waals surface area contributed by atoms with Crippen molar-refractivity contribution in [3.63, 3.8) is 0 Å². The summed E-state index contributed by atoms with van der Waals surface area (Å²) in [6.07, 6.45) is 1.58. The molecule has 0 saturated heterocycles. The van der Waals surface area contributed by atoms with Crippen molar-refractivity contribution in [1.29, 1.82) is 0 Å². The Morgan fingerprint density at radius 1 is 0.553 bits per heavy atom. The van der Waals surface area contributed by atoms with Gasteiger partial charge in [-0.25, -0.2) is 19.9 Å². The topological polar surface area (TPSA) is 56.5 Å². The van der Waals surface area contributed by atoms with E-state index in [9.17, 15) is 0 Å². The van der Waals surface area contributed by atoms with Gasteiger partial charge in [0.05, 0.1) is 15.7 Å². The second kappa shape index (κ2) is 8.30. The lowest BCUT2D eigenvalue weighted by molar-refractivity contribution is 1.06. The van der Waals surface area contributed by atoms with Gasteiger partial charge in [0.1, 0.15) is 12.0 Å². The Balaban J connectivity index is 1.30. The van der Waals surface area contributed by atoms with E-state index in [1.165, 1.54) is 20.2 Å². The normalized spacial score (nSPS) is 11.7. The number of benzene rings is 4. The highest BCUT2D eigenvalue weighted by Gasteiger charge is 2.17. The number of para-hydroxylation sites is 1. The summed E-state index contributed by atoms with van der Waals surface area (Å²) in [5.41, 5.74) is 6.10. The van der Waals surface area contributed by atoms with Crippen LogP contribution in [0.1, 0.15) is 0 Å². The van der Waals surface area contributed by atoms with E-state index in [-0.39, 0.29) is 0 Å². The van der Waals surface area contributed by atoms with Gasteiger partial charge in [-0.15, -0.1) is 11.3 Å².